The van der Waals surface area contributed by atoms with Crippen LogP contribution in [0, 0.1) is 0 Å². The zero-order chi connectivity index (χ0) is 40.6. The van der Waals surface area contributed by atoms with Crippen molar-refractivity contribution in [1.29, 1.82) is 0 Å². The third-order valence-corrected chi connectivity index (χ3v) is 11.0. The molecule has 0 aromatic rings. The molecule has 0 heterocycles. The largest absolute Gasteiger partial charge is 0.756 e. The lowest BCUT2D eigenvalue weighted by Gasteiger charge is -2.28. The fourth-order valence-electron chi connectivity index (χ4n) is 6.40. The van der Waals surface area contributed by atoms with Crippen molar-refractivity contribution in [3.05, 3.63) is 24.3 Å². The molecule has 0 aromatic carbocycles. The summed E-state index contributed by atoms with van der Waals surface area (Å²) in [5.41, 5.74) is 0. The summed E-state index contributed by atoms with van der Waals surface area (Å²) in [5.74, 6) is -0.336. The van der Waals surface area contributed by atoms with E-state index in [0.29, 0.717) is 24.1 Å². The summed E-state index contributed by atoms with van der Waals surface area (Å²) in [6.07, 6.45) is 44.7. The number of ether oxygens (including phenoxy) is 2. The van der Waals surface area contributed by atoms with Crippen molar-refractivity contribution in [2.45, 2.75) is 213 Å². The summed E-state index contributed by atoms with van der Waals surface area (Å²) in [6, 6.07) is 0. The molecule has 2 unspecified atom stereocenters. The van der Waals surface area contributed by atoms with Gasteiger partial charge < -0.3 is 27.9 Å². The Labute approximate surface area is 341 Å². The highest BCUT2D eigenvalue weighted by Gasteiger charge is 2.20. The van der Waals surface area contributed by atoms with Crippen LogP contribution in [0.15, 0.2) is 24.3 Å². The summed E-state index contributed by atoms with van der Waals surface area (Å²) in [6.45, 7) is 5.42. The van der Waals surface area contributed by atoms with Crippen molar-refractivity contribution in [3.63, 3.8) is 0 Å². The molecule has 0 radical (unpaired) electrons. The first-order chi connectivity index (χ1) is 26.6. The first kappa shape index (κ1) is 54.0. The van der Waals surface area contributed by atoms with Gasteiger partial charge in [0.2, 0.25) is 0 Å². The van der Waals surface area contributed by atoms with E-state index in [-0.39, 0.29) is 25.8 Å². The van der Waals surface area contributed by atoms with E-state index in [1.54, 1.807) is 0 Å². The molecule has 55 heavy (non-hydrogen) atoms. The van der Waals surface area contributed by atoms with Gasteiger partial charge in [-0.25, -0.2) is 0 Å². The average molecular weight is 800 g/mol. The van der Waals surface area contributed by atoms with Gasteiger partial charge >= 0.3 is 5.97 Å². The van der Waals surface area contributed by atoms with Crippen molar-refractivity contribution in [3.8, 4) is 0 Å². The number of hydrogen-bond acceptors (Lipinski definition) is 7. The summed E-state index contributed by atoms with van der Waals surface area (Å²) in [4.78, 5) is 25.1. The van der Waals surface area contributed by atoms with Crippen LogP contribution in [0.5, 0.6) is 0 Å². The maximum Gasteiger partial charge on any atom is 0.306 e. The molecule has 0 aromatic heterocycles. The van der Waals surface area contributed by atoms with Crippen LogP contribution < -0.4 is 4.89 Å². The molecule has 0 N–H and O–H groups in total. The maximum absolute atomic E-state index is 12.7. The maximum atomic E-state index is 12.7. The summed E-state index contributed by atoms with van der Waals surface area (Å²) in [7, 11) is 1.36. The Kier molecular flexibility index (Phi) is 39.1. The molecule has 2 atom stereocenters. The Hall–Kier alpha value is -1.02. The molecular formula is C46H90NO7P. The molecule has 0 saturated heterocycles. The number of unbranched alkanes of at least 4 members (excludes halogenated alkanes) is 25. The molecule has 0 spiro atoms. The molecule has 0 rings (SSSR count). The minimum absolute atomic E-state index is 0.0273. The number of nitrogens with zero attached hydrogens (tertiary/aromatic N) is 1. The van der Waals surface area contributed by atoms with Gasteiger partial charge in [-0.15, -0.1) is 0 Å². The predicted molar refractivity (Wildman–Crippen MR) is 231 cm³/mol. The number of quaternary nitrogens is 1. The fraction of sp³-hybridized carbons (Fsp3) is 0.891. The van der Waals surface area contributed by atoms with Crippen LogP contribution in [0.3, 0.4) is 0 Å². The SMILES string of the molecule is CCCCC/C=C\C/C=C\CCCCCCCCCCCC(=O)OC(COCCCCCCCCCCCCCCCC)COP(=O)([O-])OCC[N+](C)(C)C. The lowest BCUT2D eigenvalue weighted by Crippen LogP contribution is -2.37. The molecule has 0 aliphatic heterocycles. The number of likely N-dealkylation sites (N-methyl/N-ethyl adjacent to an activating group) is 1. The minimum Gasteiger partial charge on any atom is -0.756 e. The van der Waals surface area contributed by atoms with Gasteiger partial charge in [-0.3, -0.25) is 9.36 Å². The predicted octanol–water partition coefficient (Wildman–Crippen LogP) is 13.0. The van der Waals surface area contributed by atoms with Crippen molar-refractivity contribution in [2.75, 3.05) is 54.1 Å². The zero-order valence-corrected chi connectivity index (χ0v) is 37.8. The van der Waals surface area contributed by atoms with E-state index in [0.717, 1.165) is 38.5 Å². The topological polar surface area (TPSA) is 94.1 Å². The third-order valence-electron chi connectivity index (χ3n) is 10.0. The lowest BCUT2D eigenvalue weighted by molar-refractivity contribution is -0.870. The number of rotatable bonds is 43. The molecule has 326 valence electrons. The zero-order valence-electron chi connectivity index (χ0n) is 36.9. The van der Waals surface area contributed by atoms with E-state index < -0.39 is 13.9 Å². The van der Waals surface area contributed by atoms with Gasteiger partial charge in [-0.2, -0.15) is 0 Å². The van der Waals surface area contributed by atoms with Gasteiger partial charge in [0.05, 0.1) is 34.4 Å². The van der Waals surface area contributed by atoms with E-state index in [1.165, 1.54) is 148 Å². The molecule has 8 nitrogen and oxygen atoms in total. The lowest BCUT2D eigenvalue weighted by atomic mass is 10.0. The van der Waals surface area contributed by atoms with Gasteiger partial charge in [0.1, 0.15) is 19.3 Å². The number of carbonyl (C=O) groups excluding carboxylic acids is 1. The van der Waals surface area contributed by atoms with Crippen LogP contribution in [-0.4, -0.2) is 70.7 Å². The first-order valence-corrected chi connectivity index (χ1v) is 24.5. The molecule has 0 saturated carbocycles. The molecule has 0 bridgehead atoms. The van der Waals surface area contributed by atoms with E-state index >= 15 is 0 Å². The molecule has 0 aliphatic carbocycles. The number of phosphoric ester groups is 1. The van der Waals surface area contributed by atoms with Gasteiger partial charge in [0, 0.05) is 13.0 Å². The number of carbonyl (C=O) groups is 1. The molecule has 0 fully saturated rings. The highest BCUT2D eigenvalue weighted by molar-refractivity contribution is 7.45. The number of esters is 1. The Bertz CT molecular complexity index is 936. The van der Waals surface area contributed by atoms with Gasteiger partial charge in [-0.05, 0) is 44.9 Å². The fourth-order valence-corrected chi connectivity index (χ4v) is 7.13. The summed E-state index contributed by atoms with van der Waals surface area (Å²) < 4.78 is 34.6. The molecular weight excluding hydrogens is 709 g/mol. The van der Waals surface area contributed by atoms with Gasteiger partial charge in [0.25, 0.3) is 7.82 Å². The van der Waals surface area contributed by atoms with Crippen molar-refractivity contribution in [2.24, 2.45) is 0 Å². The monoisotopic (exact) mass is 800 g/mol. The van der Waals surface area contributed by atoms with Crippen LogP contribution in [0.4, 0.5) is 0 Å². The highest BCUT2D eigenvalue weighted by Crippen LogP contribution is 2.38. The van der Waals surface area contributed by atoms with Crippen molar-refractivity contribution >= 4 is 13.8 Å². The van der Waals surface area contributed by atoms with E-state index in [9.17, 15) is 14.3 Å². The van der Waals surface area contributed by atoms with E-state index in [4.69, 9.17) is 18.5 Å². The third kappa shape index (κ3) is 43.9. The average Bonchev–Trinajstić information content (AvgIpc) is 3.13. The smallest absolute Gasteiger partial charge is 0.306 e. The Morgan fingerprint density at radius 3 is 1.51 bits per heavy atom. The Morgan fingerprint density at radius 1 is 0.564 bits per heavy atom. The van der Waals surface area contributed by atoms with Crippen LogP contribution in [0.25, 0.3) is 0 Å². The minimum atomic E-state index is -4.52. The van der Waals surface area contributed by atoms with E-state index in [1.807, 2.05) is 21.1 Å². The molecule has 0 aliphatic rings. The van der Waals surface area contributed by atoms with Crippen LogP contribution in [0.1, 0.15) is 206 Å². The number of phosphoric acid groups is 1. The van der Waals surface area contributed by atoms with Crippen LogP contribution >= 0.6 is 7.82 Å². The second kappa shape index (κ2) is 39.8. The Balaban J connectivity index is 4.18. The van der Waals surface area contributed by atoms with Crippen LogP contribution in [-0.2, 0) is 27.9 Å². The Morgan fingerprint density at radius 2 is 1.00 bits per heavy atom. The van der Waals surface area contributed by atoms with Crippen LogP contribution in [0.2, 0.25) is 0 Å². The normalized spacial score (nSPS) is 13.9. The van der Waals surface area contributed by atoms with Gasteiger partial charge in [0.15, 0.2) is 0 Å². The quantitative estimate of drug-likeness (QED) is 0.0199. The molecule has 9 heteroatoms. The summed E-state index contributed by atoms with van der Waals surface area (Å²) >= 11 is 0. The first-order valence-electron chi connectivity index (χ1n) is 23.1. The number of hydrogen-bond donors (Lipinski definition) is 0. The standard InChI is InChI=1S/C46H90NO7P/c1-6-8-10-12-14-16-18-20-22-23-24-25-26-27-29-31-33-35-37-39-46(48)54-45(44-53-55(49,50)52-42-40-47(3,4)5)43-51-41-38-36-34-32-30-28-21-19-17-15-13-11-9-7-2/h14,16,20,22,45H,6-13,15,17-19,21,23-44H2,1-5H3/b16-14-,22-20-. The second-order valence-corrected chi connectivity index (χ2v) is 18.2. The molecule has 0 amide bonds. The highest BCUT2D eigenvalue weighted by atomic mass is 31.2. The second-order valence-electron chi connectivity index (χ2n) is 16.8. The van der Waals surface area contributed by atoms with Gasteiger partial charge in [-0.1, -0.05) is 179 Å². The summed E-state index contributed by atoms with van der Waals surface area (Å²) in [5, 5.41) is 0. The van der Waals surface area contributed by atoms with Crippen molar-refractivity contribution < 1.29 is 37.3 Å². The van der Waals surface area contributed by atoms with Crippen molar-refractivity contribution in [1.82, 2.24) is 0 Å². The number of allylic oxidation sites excluding steroid dienone is 4. The van der Waals surface area contributed by atoms with E-state index in [2.05, 4.69) is 38.2 Å².